The number of aliphatic hydroxyl groups excluding tert-OH is 1. The van der Waals surface area contributed by atoms with Gasteiger partial charge >= 0.3 is 0 Å². The van der Waals surface area contributed by atoms with Gasteiger partial charge in [0.2, 0.25) is 5.91 Å². The van der Waals surface area contributed by atoms with Gasteiger partial charge in [0.15, 0.2) is 0 Å². The Morgan fingerprint density at radius 2 is 2.33 bits per heavy atom. The van der Waals surface area contributed by atoms with Gasteiger partial charge in [-0.3, -0.25) is 4.79 Å². The van der Waals surface area contributed by atoms with Gasteiger partial charge in [0, 0.05) is 6.54 Å². The van der Waals surface area contributed by atoms with Gasteiger partial charge in [-0.2, -0.15) is 0 Å². The normalized spacial score (nSPS) is 19.6. The molecule has 1 rings (SSSR count). The van der Waals surface area contributed by atoms with Crippen LogP contribution in [0.25, 0.3) is 0 Å². The van der Waals surface area contributed by atoms with E-state index in [4.69, 9.17) is 5.11 Å². The fourth-order valence-electron chi connectivity index (χ4n) is 1.18. The highest BCUT2D eigenvalue weighted by molar-refractivity contribution is 5.79. The number of carbonyl (C=O) groups excluding carboxylic acids is 1. The largest absolute Gasteiger partial charge is 0.395 e. The Hall–Kier alpha value is -1.42. The maximum absolute atomic E-state index is 12.8. The molecule has 0 saturated carbocycles. The van der Waals surface area contributed by atoms with Gasteiger partial charge in [-0.25, -0.2) is 4.39 Å². The summed E-state index contributed by atoms with van der Waals surface area (Å²) in [5.74, 6) is -0.175. The molecule has 0 aromatic rings. The zero-order valence-corrected chi connectivity index (χ0v) is 8.32. The number of hydrogen-bond donors (Lipinski definition) is 2. The van der Waals surface area contributed by atoms with Crippen molar-refractivity contribution >= 4 is 5.91 Å². The molecule has 0 fully saturated rings. The van der Waals surface area contributed by atoms with E-state index in [9.17, 15) is 9.18 Å². The zero-order chi connectivity index (χ0) is 11.1. The summed E-state index contributed by atoms with van der Waals surface area (Å²) in [4.78, 5) is 11.2. The number of allylic oxidation sites excluding steroid dienone is 5. The van der Waals surface area contributed by atoms with Gasteiger partial charge in [0.05, 0.1) is 13.0 Å². The van der Waals surface area contributed by atoms with E-state index < -0.39 is 6.17 Å². The van der Waals surface area contributed by atoms with Gasteiger partial charge in [-0.15, -0.1) is 0 Å². The molecule has 0 spiro atoms. The molecule has 0 radical (unpaired) electrons. The van der Waals surface area contributed by atoms with Crippen LogP contribution in [-0.2, 0) is 4.79 Å². The summed E-state index contributed by atoms with van der Waals surface area (Å²) < 4.78 is 12.8. The Balaban J connectivity index is 2.45. The van der Waals surface area contributed by atoms with Gasteiger partial charge < -0.3 is 10.4 Å². The molecule has 0 unspecified atom stereocenters. The topological polar surface area (TPSA) is 49.3 Å². The molecule has 0 bridgehead atoms. The molecule has 2 N–H and O–H groups in total. The quantitative estimate of drug-likeness (QED) is 0.725. The molecule has 0 aromatic heterocycles. The van der Waals surface area contributed by atoms with Crippen molar-refractivity contribution in [1.29, 1.82) is 0 Å². The predicted molar refractivity (Wildman–Crippen MR) is 56.0 cm³/mol. The standard InChI is InChI=1S/C11H14FNO2/c12-10-3-1-2-9(4-5-10)8-11(15)13-6-7-14/h1-5,10,14H,6-8H2,(H,13,15)/t10-/m1/s1. The summed E-state index contributed by atoms with van der Waals surface area (Å²) in [5, 5.41) is 11.0. The molecular formula is C11H14FNO2. The van der Waals surface area contributed by atoms with Crippen LogP contribution < -0.4 is 5.32 Å². The lowest BCUT2D eigenvalue weighted by Crippen LogP contribution is -2.26. The number of halogens is 1. The molecule has 1 aliphatic carbocycles. The molecule has 0 aromatic carbocycles. The van der Waals surface area contributed by atoms with Crippen molar-refractivity contribution in [2.24, 2.45) is 0 Å². The number of nitrogens with one attached hydrogen (secondary N) is 1. The lowest BCUT2D eigenvalue weighted by atomic mass is 10.1. The SMILES string of the molecule is O=C(CC1=CC=C[C@@H](F)C=C1)NCCO. The number of rotatable bonds is 4. The van der Waals surface area contributed by atoms with Crippen LogP contribution in [0, 0.1) is 0 Å². The highest BCUT2D eigenvalue weighted by Gasteiger charge is 2.05. The van der Waals surface area contributed by atoms with Gasteiger partial charge in [0.1, 0.15) is 6.17 Å². The Morgan fingerprint density at radius 3 is 3.07 bits per heavy atom. The van der Waals surface area contributed by atoms with E-state index in [-0.39, 0.29) is 25.5 Å². The van der Waals surface area contributed by atoms with E-state index in [0.717, 1.165) is 5.57 Å². The third-order valence-corrected chi connectivity index (χ3v) is 1.90. The maximum Gasteiger partial charge on any atom is 0.224 e. The van der Waals surface area contributed by atoms with E-state index in [1.165, 1.54) is 12.2 Å². The Labute approximate surface area is 88.0 Å². The highest BCUT2D eigenvalue weighted by atomic mass is 19.1. The summed E-state index contributed by atoms with van der Waals surface area (Å²) in [6.45, 7) is 0.171. The molecule has 0 aliphatic heterocycles. The van der Waals surface area contributed by atoms with E-state index in [0.29, 0.717) is 0 Å². The van der Waals surface area contributed by atoms with Crippen molar-refractivity contribution in [3.63, 3.8) is 0 Å². The average Bonchev–Trinajstić information content (AvgIpc) is 2.41. The molecule has 0 heterocycles. The van der Waals surface area contributed by atoms with Crippen molar-refractivity contribution in [3.05, 3.63) is 36.0 Å². The molecule has 1 amide bonds. The monoisotopic (exact) mass is 211 g/mol. The molecule has 4 heteroatoms. The van der Waals surface area contributed by atoms with Crippen LogP contribution in [0.5, 0.6) is 0 Å². The van der Waals surface area contributed by atoms with Gasteiger partial charge in [-0.05, 0) is 17.7 Å². The Kier molecular flexibility index (Phi) is 4.77. The number of hydrogen-bond acceptors (Lipinski definition) is 2. The maximum atomic E-state index is 12.8. The first-order valence-corrected chi connectivity index (χ1v) is 4.79. The first-order chi connectivity index (χ1) is 7.22. The Morgan fingerprint density at radius 1 is 1.53 bits per heavy atom. The summed E-state index contributed by atoms with van der Waals surface area (Å²) in [5.41, 5.74) is 0.752. The highest BCUT2D eigenvalue weighted by Crippen LogP contribution is 2.10. The smallest absolute Gasteiger partial charge is 0.224 e. The molecular weight excluding hydrogens is 197 g/mol. The van der Waals surface area contributed by atoms with Gasteiger partial charge in [0.25, 0.3) is 0 Å². The summed E-state index contributed by atoms with van der Waals surface area (Å²) in [6, 6.07) is 0. The second-order valence-electron chi connectivity index (χ2n) is 3.18. The second-order valence-corrected chi connectivity index (χ2v) is 3.18. The zero-order valence-electron chi connectivity index (χ0n) is 8.32. The molecule has 0 saturated heterocycles. The van der Waals surface area contributed by atoms with Gasteiger partial charge in [-0.1, -0.05) is 18.2 Å². The summed E-state index contributed by atoms with van der Waals surface area (Å²) in [7, 11) is 0. The number of aliphatic hydroxyl groups is 1. The van der Waals surface area contributed by atoms with Crippen LogP contribution in [0.2, 0.25) is 0 Å². The number of carbonyl (C=O) groups is 1. The third-order valence-electron chi connectivity index (χ3n) is 1.90. The van der Waals surface area contributed by atoms with Crippen molar-refractivity contribution in [2.45, 2.75) is 12.6 Å². The van der Waals surface area contributed by atoms with Crippen molar-refractivity contribution in [3.8, 4) is 0 Å². The van der Waals surface area contributed by atoms with Crippen LogP contribution in [0.15, 0.2) is 36.0 Å². The van der Waals surface area contributed by atoms with E-state index in [1.54, 1.807) is 18.2 Å². The fraction of sp³-hybridized carbons (Fsp3) is 0.364. The van der Waals surface area contributed by atoms with E-state index >= 15 is 0 Å². The van der Waals surface area contributed by atoms with Crippen LogP contribution in [0.4, 0.5) is 4.39 Å². The number of alkyl halides is 1. The first kappa shape index (κ1) is 11.7. The van der Waals surface area contributed by atoms with Crippen LogP contribution in [0.1, 0.15) is 6.42 Å². The second kappa shape index (κ2) is 6.14. The molecule has 3 nitrogen and oxygen atoms in total. The van der Waals surface area contributed by atoms with Crippen molar-refractivity contribution in [1.82, 2.24) is 5.32 Å². The summed E-state index contributed by atoms with van der Waals surface area (Å²) >= 11 is 0. The lowest BCUT2D eigenvalue weighted by Gasteiger charge is -2.02. The molecule has 1 aliphatic rings. The van der Waals surface area contributed by atoms with Crippen LogP contribution in [-0.4, -0.2) is 30.3 Å². The molecule has 15 heavy (non-hydrogen) atoms. The minimum atomic E-state index is -1.08. The molecule has 1 atom stereocenters. The lowest BCUT2D eigenvalue weighted by molar-refractivity contribution is -0.120. The number of amides is 1. The minimum Gasteiger partial charge on any atom is -0.395 e. The Bertz CT molecular complexity index is 308. The fourth-order valence-corrected chi connectivity index (χ4v) is 1.18. The average molecular weight is 211 g/mol. The third kappa shape index (κ3) is 4.56. The predicted octanol–water partition coefficient (Wildman–Crippen LogP) is 0.875. The summed E-state index contributed by atoms with van der Waals surface area (Å²) in [6.07, 6.45) is 6.83. The first-order valence-electron chi connectivity index (χ1n) is 4.79. The van der Waals surface area contributed by atoms with E-state index in [1.807, 2.05) is 0 Å². The van der Waals surface area contributed by atoms with Crippen molar-refractivity contribution in [2.75, 3.05) is 13.2 Å². The van der Waals surface area contributed by atoms with Crippen molar-refractivity contribution < 1.29 is 14.3 Å². The van der Waals surface area contributed by atoms with Crippen LogP contribution >= 0.6 is 0 Å². The minimum absolute atomic E-state index is 0.0763. The van der Waals surface area contributed by atoms with Crippen LogP contribution in [0.3, 0.4) is 0 Å². The molecule has 82 valence electrons. The van der Waals surface area contributed by atoms with E-state index in [2.05, 4.69) is 5.32 Å².